The van der Waals surface area contributed by atoms with Crippen molar-refractivity contribution in [3.63, 3.8) is 0 Å². The number of hydrogen-bond donors (Lipinski definition) is 0. The van der Waals surface area contributed by atoms with Crippen LogP contribution in [0.15, 0.2) is 12.1 Å². The van der Waals surface area contributed by atoms with Crippen molar-refractivity contribution in [1.82, 2.24) is 0 Å². The van der Waals surface area contributed by atoms with Crippen LogP contribution in [0, 0.1) is 0 Å². The molecule has 5 nitrogen and oxygen atoms in total. The van der Waals surface area contributed by atoms with E-state index >= 15 is 0 Å². The van der Waals surface area contributed by atoms with E-state index in [9.17, 15) is 0 Å². The van der Waals surface area contributed by atoms with Crippen LogP contribution in [0.3, 0.4) is 0 Å². The van der Waals surface area contributed by atoms with E-state index in [-0.39, 0.29) is 13.6 Å². The topological polar surface area (TPSA) is 46.2 Å². The molecule has 21 heavy (non-hydrogen) atoms. The molecule has 1 unspecified atom stereocenters. The van der Waals surface area contributed by atoms with Gasteiger partial charge in [0, 0.05) is 25.8 Å². The van der Waals surface area contributed by atoms with Crippen molar-refractivity contribution in [3.05, 3.63) is 17.7 Å². The van der Waals surface area contributed by atoms with Gasteiger partial charge in [-0.3, -0.25) is 0 Å². The van der Waals surface area contributed by atoms with Gasteiger partial charge in [0.2, 0.25) is 0 Å². The number of hydrogen-bond acceptors (Lipinski definition) is 5. The number of benzene rings is 1. The van der Waals surface area contributed by atoms with E-state index in [0.29, 0.717) is 23.2 Å². The average molecular weight is 298 g/mol. The first-order valence-corrected chi connectivity index (χ1v) is 7.13. The smallest absolute Gasteiger partial charge is 0.188 e. The zero-order valence-electron chi connectivity index (χ0n) is 13.6. The Labute approximate surface area is 127 Å². The molecule has 0 radical (unpaired) electrons. The summed E-state index contributed by atoms with van der Waals surface area (Å²) in [6.07, 6.45) is 2.15. The van der Waals surface area contributed by atoms with Crippen molar-refractivity contribution in [1.29, 1.82) is 0 Å². The van der Waals surface area contributed by atoms with Crippen molar-refractivity contribution in [3.8, 4) is 17.2 Å². The second kappa shape index (κ2) is 9.47. The highest BCUT2D eigenvalue weighted by Gasteiger charge is 2.18. The van der Waals surface area contributed by atoms with Crippen molar-refractivity contribution >= 4 is 0 Å². The fraction of sp³-hybridized carbons (Fsp3) is 0.625. The highest BCUT2D eigenvalue weighted by molar-refractivity contribution is 5.53. The minimum atomic E-state index is 0.181. The van der Waals surface area contributed by atoms with Crippen molar-refractivity contribution < 1.29 is 23.7 Å². The summed E-state index contributed by atoms with van der Waals surface area (Å²) in [4.78, 5) is 0. The quantitative estimate of drug-likeness (QED) is 0.618. The molecule has 0 N–H and O–H groups in total. The lowest BCUT2D eigenvalue weighted by molar-refractivity contribution is 0.0457. The molecule has 0 spiro atoms. The second-order valence-electron chi connectivity index (χ2n) is 4.84. The molecule has 5 heteroatoms. The summed E-state index contributed by atoms with van der Waals surface area (Å²) < 4.78 is 26.6. The Balaban J connectivity index is 3.16. The van der Waals surface area contributed by atoms with E-state index in [2.05, 4.69) is 13.8 Å². The summed E-state index contributed by atoms with van der Waals surface area (Å²) in [5.41, 5.74) is 1.05. The molecule has 0 aromatic heterocycles. The van der Waals surface area contributed by atoms with Crippen molar-refractivity contribution in [2.75, 3.05) is 34.9 Å². The Kier molecular flexibility index (Phi) is 7.93. The molecule has 0 bridgehead atoms. The maximum absolute atomic E-state index is 5.70. The lowest BCUT2D eigenvalue weighted by atomic mass is 9.95. The Morgan fingerprint density at radius 2 is 1.67 bits per heavy atom. The minimum absolute atomic E-state index is 0.181. The largest absolute Gasteiger partial charge is 0.493 e. The maximum Gasteiger partial charge on any atom is 0.188 e. The monoisotopic (exact) mass is 298 g/mol. The van der Waals surface area contributed by atoms with Gasteiger partial charge in [-0.05, 0) is 18.4 Å². The van der Waals surface area contributed by atoms with Crippen LogP contribution < -0.4 is 14.2 Å². The van der Waals surface area contributed by atoms with E-state index in [1.54, 1.807) is 27.4 Å². The summed E-state index contributed by atoms with van der Waals surface area (Å²) in [6, 6.07) is 3.78. The van der Waals surface area contributed by atoms with Gasteiger partial charge >= 0.3 is 0 Å². The zero-order chi connectivity index (χ0) is 15.7. The summed E-state index contributed by atoms with van der Waals surface area (Å²) in [5, 5.41) is 0. The predicted molar refractivity (Wildman–Crippen MR) is 81.3 cm³/mol. The third-order valence-electron chi connectivity index (χ3n) is 3.19. The standard InChI is InChI=1S/C16H26O5/c1-6-7-12(2)14-8-13(20-10-17-3)9-15(19-5)16(14)21-11-18-4/h8-9,12H,6-7,10-11H2,1-5H3. The summed E-state index contributed by atoms with van der Waals surface area (Å²) in [7, 11) is 4.80. The SMILES string of the molecule is CCCC(C)c1cc(OCOC)cc(OC)c1OCOC. The molecule has 120 valence electrons. The molecule has 0 amide bonds. The van der Waals surface area contributed by atoms with Gasteiger partial charge in [-0.2, -0.15) is 0 Å². The second-order valence-corrected chi connectivity index (χ2v) is 4.84. The molecule has 0 saturated carbocycles. The summed E-state index contributed by atoms with van der Waals surface area (Å²) in [6.45, 7) is 4.70. The Morgan fingerprint density at radius 1 is 1.00 bits per heavy atom. The average Bonchev–Trinajstić information content (AvgIpc) is 2.50. The van der Waals surface area contributed by atoms with Gasteiger partial charge < -0.3 is 23.7 Å². The van der Waals surface area contributed by atoms with E-state index in [1.165, 1.54) is 0 Å². The van der Waals surface area contributed by atoms with Crippen molar-refractivity contribution in [2.24, 2.45) is 0 Å². The van der Waals surface area contributed by atoms with Crippen LogP contribution >= 0.6 is 0 Å². The van der Waals surface area contributed by atoms with Crippen LogP contribution in [-0.2, 0) is 9.47 Å². The molecule has 0 heterocycles. The van der Waals surface area contributed by atoms with Crippen LogP contribution in [0.4, 0.5) is 0 Å². The molecular formula is C16H26O5. The Morgan fingerprint density at radius 3 is 2.24 bits per heavy atom. The molecule has 1 aromatic rings. The summed E-state index contributed by atoms with van der Waals surface area (Å²) >= 11 is 0. The van der Waals surface area contributed by atoms with Gasteiger partial charge in [0.1, 0.15) is 5.75 Å². The van der Waals surface area contributed by atoms with Gasteiger partial charge in [-0.25, -0.2) is 0 Å². The first-order valence-electron chi connectivity index (χ1n) is 7.13. The highest BCUT2D eigenvalue weighted by Crippen LogP contribution is 2.41. The highest BCUT2D eigenvalue weighted by atomic mass is 16.7. The lowest BCUT2D eigenvalue weighted by Crippen LogP contribution is -2.07. The fourth-order valence-corrected chi connectivity index (χ4v) is 2.19. The minimum Gasteiger partial charge on any atom is -0.493 e. The predicted octanol–water partition coefficient (Wildman–Crippen LogP) is 3.56. The number of rotatable bonds is 10. The first-order chi connectivity index (χ1) is 10.2. The Bertz CT molecular complexity index is 419. The van der Waals surface area contributed by atoms with E-state index in [1.807, 2.05) is 6.07 Å². The summed E-state index contributed by atoms with van der Waals surface area (Å²) in [5.74, 6) is 2.39. The fourth-order valence-electron chi connectivity index (χ4n) is 2.19. The third-order valence-corrected chi connectivity index (χ3v) is 3.19. The molecule has 1 rings (SSSR count). The van der Waals surface area contributed by atoms with Gasteiger partial charge in [-0.15, -0.1) is 0 Å². The normalized spacial score (nSPS) is 12.0. The van der Waals surface area contributed by atoms with Crippen LogP contribution in [-0.4, -0.2) is 34.9 Å². The molecule has 0 aliphatic heterocycles. The molecule has 0 saturated heterocycles. The van der Waals surface area contributed by atoms with E-state index in [0.717, 1.165) is 18.4 Å². The first kappa shape index (κ1) is 17.6. The molecule has 0 fully saturated rings. The van der Waals surface area contributed by atoms with Crippen LogP contribution in [0.25, 0.3) is 0 Å². The lowest BCUT2D eigenvalue weighted by Gasteiger charge is -2.20. The zero-order valence-corrected chi connectivity index (χ0v) is 13.6. The molecule has 1 atom stereocenters. The molecular weight excluding hydrogens is 272 g/mol. The van der Waals surface area contributed by atoms with Crippen LogP contribution in [0.5, 0.6) is 17.2 Å². The van der Waals surface area contributed by atoms with E-state index < -0.39 is 0 Å². The van der Waals surface area contributed by atoms with Crippen molar-refractivity contribution in [2.45, 2.75) is 32.6 Å². The number of ether oxygens (including phenoxy) is 5. The number of methoxy groups -OCH3 is 3. The third kappa shape index (κ3) is 5.10. The van der Waals surface area contributed by atoms with Crippen LogP contribution in [0.1, 0.15) is 38.2 Å². The van der Waals surface area contributed by atoms with E-state index in [4.69, 9.17) is 23.7 Å². The van der Waals surface area contributed by atoms with Crippen LogP contribution in [0.2, 0.25) is 0 Å². The molecule has 0 aliphatic rings. The van der Waals surface area contributed by atoms with Gasteiger partial charge in [-0.1, -0.05) is 20.3 Å². The van der Waals surface area contributed by atoms with Gasteiger partial charge in [0.25, 0.3) is 0 Å². The van der Waals surface area contributed by atoms with Gasteiger partial charge in [0.05, 0.1) is 7.11 Å². The Hall–Kier alpha value is -1.46. The maximum atomic E-state index is 5.70. The molecule has 1 aromatic carbocycles. The van der Waals surface area contributed by atoms with Gasteiger partial charge in [0.15, 0.2) is 25.1 Å². The molecule has 0 aliphatic carbocycles.